The largest absolute Gasteiger partial charge is 0.337 e. The van der Waals surface area contributed by atoms with Crippen LogP contribution in [-0.4, -0.2) is 66.7 Å². The third-order valence-corrected chi connectivity index (χ3v) is 7.73. The summed E-state index contributed by atoms with van der Waals surface area (Å²) in [6.45, 7) is 3.23. The number of rotatable bonds is 5. The molecular weight excluding hydrogens is 450 g/mol. The fourth-order valence-electron chi connectivity index (χ4n) is 3.78. The van der Waals surface area contributed by atoms with Crippen molar-refractivity contribution < 1.29 is 22.8 Å². The van der Waals surface area contributed by atoms with Crippen LogP contribution in [-0.2, 0) is 25.0 Å². The van der Waals surface area contributed by atoms with Crippen molar-refractivity contribution in [3.8, 4) is 0 Å². The van der Waals surface area contributed by atoms with E-state index in [-0.39, 0.29) is 11.5 Å². The monoisotopic (exact) mass is 471 g/mol. The van der Waals surface area contributed by atoms with Gasteiger partial charge in [0.15, 0.2) is 9.84 Å². The van der Waals surface area contributed by atoms with Crippen LogP contribution >= 0.6 is 15.9 Å². The molecule has 0 aromatic heterocycles. The molecule has 3 rings (SSSR count). The van der Waals surface area contributed by atoms with Crippen LogP contribution in [0.3, 0.4) is 0 Å². The molecule has 2 aliphatic rings. The molecule has 2 heterocycles. The first-order valence-electron chi connectivity index (χ1n) is 8.98. The zero-order chi connectivity index (χ0) is 20.7. The summed E-state index contributed by atoms with van der Waals surface area (Å²) < 4.78 is 24.1. The highest BCUT2D eigenvalue weighted by Crippen LogP contribution is 2.33. The van der Waals surface area contributed by atoms with E-state index in [1.54, 1.807) is 38.1 Å². The third-order valence-electron chi connectivity index (χ3n) is 5.29. The Hall–Kier alpha value is -1.94. The molecule has 0 aliphatic carbocycles. The van der Waals surface area contributed by atoms with Gasteiger partial charge in [0, 0.05) is 22.6 Å². The molecule has 0 saturated carbocycles. The molecule has 2 fully saturated rings. The average molecular weight is 472 g/mol. The van der Waals surface area contributed by atoms with Gasteiger partial charge in [0.25, 0.3) is 5.91 Å². The van der Waals surface area contributed by atoms with Crippen LogP contribution in [0.4, 0.5) is 4.79 Å². The van der Waals surface area contributed by atoms with Gasteiger partial charge in [-0.25, -0.2) is 13.2 Å². The summed E-state index contributed by atoms with van der Waals surface area (Å²) in [5, 5.41) is 2.67. The number of nitrogens with zero attached hydrogens (tertiary/aromatic N) is 2. The first kappa shape index (κ1) is 20.8. The number of hydrogen-bond donors (Lipinski definition) is 1. The molecule has 0 spiro atoms. The number of sulfone groups is 1. The van der Waals surface area contributed by atoms with Crippen molar-refractivity contribution in [3.63, 3.8) is 0 Å². The number of carbonyl (C=O) groups is 3. The molecule has 2 atom stereocenters. The molecule has 28 heavy (non-hydrogen) atoms. The van der Waals surface area contributed by atoms with E-state index >= 15 is 0 Å². The third kappa shape index (κ3) is 3.67. The zero-order valence-electron chi connectivity index (χ0n) is 15.6. The molecule has 10 heteroatoms. The van der Waals surface area contributed by atoms with Crippen molar-refractivity contribution in [1.29, 1.82) is 0 Å². The van der Waals surface area contributed by atoms with Crippen LogP contribution < -0.4 is 5.32 Å². The summed E-state index contributed by atoms with van der Waals surface area (Å²) in [5.41, 5.74) is -0.692. The number of amides is 4. The van der Waals surface area contributed by atoms with Gasteiger partial charge in [0.1, 0.15) is 12.1 Å². The zero-order valence-corrected chi connectivity index (χ0v) is 18.0. The van der Waals surface area contributed by atoms with E-state index in [9.17, 15) is 22.8 Å². The number of benzene rings is 1. The van der Waals surface area contributed by atoms with E-state index in [0.29, 0.717) is 23.0 Å². The van der Waals surface area contributed by atoms with Crippen molar-refractivity contribution in [2.45, 2.75) is 31.8 Å². The smallest absolute Gasteiger partial charge is 0.325 e. The maximum atomic E-state index is 13.0. The molecule has 152 valence electrons. The minimum absolute atomic E-state index is 0.0463. The number of nitrogens with one attached hydrogen (secondary N) is 1. The lowest BCUT2D eigenvalue weighted by atomic mass is 9.92. The van der Waals surface area contributed by atoms with Gasteiger partial charge in [0.2, 0.25) is 5.91 Å². The molecule has 0 unspecified atom stereocenters. The number of urea groups is 1. The molecule has 1 aromatic carbocycles. The maximum Gasteiger partial charge on any atom is 0.325 e. The first-order chi connectivity index (χ1) is 13.1. The number of halogens is 1. The van der Waals surface area contributed by atoms with Gasteiger partial charge in [-0.1, -0.05) is 34.1 Å². The second-order valence-electron chi connectivity index (χ2n) is 7.16. The van der Waals surface area contributed by atoms with E-state index < -0.39 is 45.8 Å². The second-order valence-corrected chi connectivity index (χ2v) is 10.2. The van der Waals surface area contributed by atoms with Crippen LogP contribution in [0.15, 0.2) is 28.7 Å². The van der Waals surface area contributed by atoms with Crippen LogP contribution in [0.2, 0.25) is 0 Å². The first-order valence-corrected chi connectivity index (χ1v) is 11.6. The van der Waals surface area contributed by atoms with E-state index in [1.165, 1.54) is 4.90 Å². The van der Waals surface area contributed by atoms with Gasteiger partial charge in [-0.2, -0.15) is 0 Å². The molecule has 0 radical (unpaired) electrons. The Labute approximate surface area is 172 Å². The van der Waals surface area contributed by atoms with Gasteiger partial charge in [-0.05, 0) is 26.3 Å². The Morgan fingerprint density at radius 3 is 2.61 bits per heavy atom. The maximum absolute atomic E-state index is 13.0. The Kier molecular flexibility index (Phi) is 5.55. The van der Waals surface area contributed by atoms with E-state index in [0.717, 1.165) is 4.90 Å². The summed E-state index contributed by atoms with van der Waals surface area (Å²) in [6.07, 6.45) is 0.372. The van der Waals surface area contributed by atoms with Crippen LogP contribution in [0, 0.1) is 0 Å². The normalized spacial score (nSPS) is 26.4. The van der Waals surface area contributed by atoms with E-state index in [4.69, 9.17) is 0 Å². The van der Waals surface area contributed by atoms with Crippen molar-refractivity contribution in [1.82, 2.24) is 15.1 Å². The summed E-state index contributed by atoms with van der Waals surface area (Å²) in [6, 6.07) is 6.00. The second kappa shape index (κ2) is 7.47. The van der Waals surface area contributed by atoms with Gasteiger partial charge < -0.3 is 10.2 Å². The van der Waals surface area contributed by atoms with Gasteiger partial charge >= 0.3 is 6.03 Å². The van der Waals surface area contributed by atoms with Gasteiger partial charge in [-0.15, -0.1) is 0 Å². The molecule has 0 bridgehead atoms. The minimum Gasteiger partial charge on any atom is -0.337 e. The van der Waals surface area contributed by atoms with Crippen molar-refractivity contribution >= 4 is 43.6 Å². The Morgan fingerprint density at radius 1 is 1.36 bits per heavy atom. The summed E-state index contributed by atoms with van der Waals surface area (Å²) in [5.74, 6) is -0.996. The Morgan fingerprint density at radius 2 is 2.04 bits per heavy atom. The standard InChI is InChI=1S/C18H22BrN3O5S/c1-3-21(12-8-9-28(26,27)11-12)15(23)10-22-16(24)18(2,20-17(22)25)13-6-4-5-7-14(13)19/h4-7,12H,3,8-11H2,1-2H3,(H,20,25)/t12-,18-/m1/s1. The van der Waals surface area contributed by atoms with Crippen molar-refractivity contribution in [3.05, 3.63) is 34.3 Å². The molecule has 8 nitrogen and oxygen atoms in total. The highest BCUT2D eigenvalue weighted by molar-refractivity contribution is 9.10. The number of likely N-dealkylation sites (N-methyl/N-ethyl adjacent to an activating group) is 1. The number of hydrogen-bond acceptors (Lipinski definition) is 5. The Bertz CT molecular complexity index is 935. The summed E-state index contributed by atoms with van der Waals surface area (Å²) >= 11 is 3.40. The highest BCUT2D eigenvalue weighted by Gasteiger charge is 2.50. The Balaban J connectivity index is 1.79. The fourth-order valence-corrected chi connectivity index (χ4v) is 6.19. The molecule has 1 aromatic rings. The van der Waals surface area contributed by atoms with Crippen LogP contribution in [0.25, 0.3) is 0 Å². The van der Waals surface area contributed by atoms with E-state index in [1.807, 2.05) is 0 Å². The quantitative estimate of drug-likeness (QED) is 0.650. The number of imide groups is 1. The lowest BCUT2D eigenvalue weighted by molar-refractivity contribution is -0.139. The van der Waals surface area contributed by atoms with Crippen LogP contribution in [0.1, 0.15) is 25.8 Å². The number of carbonyl (C=O) groups excluding carboxylic acids is 3. The molecule has 2 saturated heterocycles. The molecule has 2 aliphatic heterocycles. The minimum atomic E-state index is -3.15. The molecule has 4 amide bonds. The average Bonchev–Trinajstić information content (AvgIpc) is 3.08. The SMILES string of the molecule is CCN(C(=O)CN1C(=O)N[C@](C)(c2ccccc2Br)C1=O)[C@@H]1CCS(=O)(=O)C1. The fraction of sp³-hybridized carbons (Fsp3) is 0.500. The van der Waals surface area contributed by atoms with Crippen molar-refractivity contribution in [2.24, 2.45) is 0 Å². The van der Waals surface area contributed by atoms with Crippen molar-refractivity contribution in [2.75, 3.05) is 24.6 Å². The molecular formula is C18H22BrN3O5S. The van der Waals surface area contributed by atoms with Crippen LogP contribution in [0.5, 0.6) is 0 Å². The summed E-state index contributed by atoms with van der Waals surface area (Å²) in [7, 11) is -3.15. The predicted molar refractivity (Wildman–Crippen MR) is 106 cm³/mol. The highest BCUT2D eigenvalue weighted by atomic mass is 79.9. The predicted octanol–water partition coefficient (Wildman–Crippen LogP) is 1.25. The summed E-state index contributed by atoms with van der Waals surface area (Å²) in [4.78, 5) is 40.6. The molecule has 1 N–H and O–H groups in total. The lowest BCUT2D eigenvalue weighted by Gasteiger charge is -2.28. The van der Waals surface area contributed by atoms with Gasteiger partial charge in [0.05, 0.1) is 11.5 Å². The topological polar surface area (TPSA) is 104 Å². The lowest BCUT2D eigenvalue weighted by Crippen LogP contribution is -2.48. The van der Waals surface area contributed by atoms with Gasteiger partial charge in [-0.3, -0.25) is 14.5 Å². The van der Waals surface area contributed by atoms with E-state index in [2.05, 4.69) is 21.2 Å².